The van der Waals surface area contributed by atoms with Gasteiger partial charge in [0.05, 0.1) is 0 Å². The molecule has 3 nitrogen and oxygen atoms in total. The van der Waals surface area contributed by atoms with Gasteiger partial charge in [0.2, 0.25) is 0 Å². The smallest absolute Gasteiger partial charge is 0.0478 e. The molecule has 1 N–H and O–H groups in total. The average Bonchev–Trinajstić information content (AvgIpc) is 2.30. The van der Waals surface area contributed by atoms with Gasteiger partial charge < -0.3 is 10.1 Å². The molecule has 96 valence electrons. The Bertz CT molecular complexity index is 189. The van der Waals surface area contributed by atoms with Crippen molar-refractivity contribution in [2.24, 2.45) is 0 Å². The van der Waals surface area contributed by atoms with Crippen LogP contribution in [0.2, 0.25) is 0 Å². The molecule has 1 rings (SSSR count). The van der Waals surface area contributed by atoms with Gasteiger partial charge in [-0.15, -0.1) is 0 Å². The van der Waals surface area contributed by atoms with Crippen LogP contribution in [-0.4, -0.2) is 41.5 Å². The van der Waals surface area contributed by atoms with Gasteiger partial charge in [-0.05, 0) is 32.2 Å². The molecule has 0 unspecified atom stereocenters. The molecule has 1 aliphatic rings. The molecule has 0 aromatic heterocycles. The van der Waals surface area contributed by atoms with E-state index in [0.29, 0.717) is 6.04 Å². The lowest BCUT2D eigenvalue weighted by Gasteiger charge is -2.22. The standard InChI is InChI=1S/C12H25NO2S/c1-2-3-8-15-9-4-7-13-12-5-10-16(14)11-6-12/h12-13H,2-11H2,1H3. The Morgan fingerprint density at radius 3 is 2.62 bits per heavy atom. The van der Waals surface area contributed by atoms with Gasteiger partial charge in [-0.1, -0.05) is 13.3 Å². The van der Waals surface area contributed by atoms with E-state index in [2.05, 4.69) is 12.2 Å². The number of rotatable bonds is 8. The van der Waals surface area contributed by atoms with Gasteiger partial charge in [0.1, 0.15) is 0 Å². The molecule has 1 aliphatic heterocycles. The molecule has 0 aliphatic carbocycles. The van der Waals surface area contributed by atoms with Gasteiger partial charge in [-0.25, -0.2) is 0 Å². The van der Waals surface area contributed by atoms with Crippen LogP contribution in [0.25, 0.3) is 0 Å². The van der Waals surface area contributed by atoms with Crippen LogP contribution >= 0.6 is 0 Å². The van der Waals surface area contributed by atoms with Crippen molar-refractivity contribution in [2.75, 3.05) is 31.3 Å². The van der Waals surface area contributed by atoms with Crippen LogP contribution in [0.4, 0.5) is 0 Å². The lowest BCUT2D eigenvalue weighted by atomic mass is 10.1. The van der Waals surface area contributed by atoms with E-state index >= 15 is 0 Å². The van der Waals surface area contributed by atoms with Gasteiger partial charge in [-0.3, -0.25) is 4.21 Å². The van der Waals surface area contributed by atoms with Crippen molar-refractivity contribution >= 4 is 10.8 Å². The largest absolute Gasteiger partial charge is 0.381 e. The maximum atomic E-state index is 11.1. The second-order valence-corrected chi connectivity index (χ2v) is 6.09. The third kappa shape index (κ3) is 6.61. The first-order valence-electron chi connectivity index (χ1n) is 6.49. The minimum Gasteiger partial charge on any atom is -0.381 e. The molecule has 0 bridgehead atoms. The third-order valence-corrected chi connectivity index (χ3v) is 4.31. The summed E-state index contributed by atoms with van der Waals surface area (Å²) >= 11 is 0. The first-order chi connectivity index (χ1) is 7.83. The summed E-state index contributed by atoms with van der Waals surface area (Å²) in [4.78, 5) is 0. The summed E-state index contributed by atoms with van der Waals surface area (Å²) in [5.74, 6) is 1.76. The predicted molar refractivity (Wildman–Crippen MR) is 69.2 cm³/mol. The molecule has 1 heterocycles. The maximum Gasteiger partial charge on any atom is 0.0478 e. The van der Waals surface area contributed by atoms with Gasteiger partial charge in [0.15, 0.2) is 0 Å². The van der Waals surface area contributed by atoms with E-state index in [-0.39, 0.29) is 0 Å². The first-order valence-corrected chi connectivity index (χ1v) is 7.98. The molecule has 0 radical (unpaired) electrons. The summed E-state index contributed by atoms with van der Waals surface area (Å²) in [6.45, 7) is 4.98. The van der Waals surface area contributed by atoms with E-state index in [1.165, 1.54) is 12.8 Å². The number of hydrogen-bond donors (Lipinski definition) is 1. The number of ether oxygens (including phenoxy) is 1. The Balaban J connectivity index is 1.85. The van der Waals surface area contributed by atoms with Crippen LogP contribution in [0, 0.1) is 0 Å². The first kappa shape index (κ1) is 14.1. The van der Waals surface area contributed by atoms with E-state index in [9.17, 15) is 4.21 Å². The Morgan fingerprint density at radius 1 is 1.25 bits per heavy atom. The van der Waals surface area contributed by atoms with Crippen LogP contribution in [0.15, 0.2) is 0 Å². The van der Waals surface area contributed by atoms with E-state index in [0.717, 1.165) is 50.5 Å². The van der Waals surface area contributed by atoms with Gasteiger partial charge >= 0.3 is 0 Å². The fourth-order valence-corrected chi connectivity index (χ4v) is 3.13. The Morgan fingerprint density at radius 2 is 1.94 bits per heavy atom. The highest BCUT2D eigenvalue weighted by Crippen LogP contribution is 2.08. The number of unbranched alkanes of at least 4 members (excludes halogenated alkanes) is 1. The van der Waals surface area contributed by atoms with Gasteiger partial charge in [0.25, 0.3) is 0 Å². The average molecular weight is 247 g/mol. The third-order valence-electron chi connectivity index (χ3n) is 2.93. The minimum atomic E-state index is -0.538. The zero-order valence-corrected chi connectivity index (χ0v) is 11.2. The van der Waals surface area contributed by atoms with Crippen molar-refractivity contribution in [3.8, 4) is 0 Å². The van der Waals surface area contributed by atoms with Crippen molar-refractivity contribution in [3.63, 3.8) is 0 Å². The van der Waals surface area contributed by atoms with E-state index in [1.807, 2.05) is 0 Å². The lowest BCUT2D eigenvalue weighted by Crippen LogP contribution is -2.36. The highest BCUT2D eigenvalue weighted by Gasteiger charge is 2.16. The molecule has 1 fully saturated rings. The van der Waals surface area contributed by atoms with Gasteiger partial charge in [-0.2, -0.15) is 0 Å². The van der Waals surface area contributed by atoms with Crippen LogP contribution in [0.1, 0.15) is 39.0 Å². The molecule has 0 spiro atoms. The zero-order valence-electron chi connectivity index (χ0n) is 10.4. The molecule has 0 amide bonds. The molecule has 0 saturated carbocycles. The zero-order chi connectivity index (χ0) is 11.6. The van der Waals surface area contributed by atoms with E-state index < -0.39 is 10.8 Å². The quantitative estimate of drug-likeness (QED) is 0.663. The lowest BCUT2D eigenvalue weighted by molar-refractivity contribution is 0.128. The van der Waals surface area contributed by atoms with Crippen LogP contribution in [-0.2, 0) is 15.5 Å². The van der Waals surface area contributed by atoms with Crippen molar-refractivity contribution in [3.05, 3.63) is 0 Å². The number of hydrogen-bond acceptors (Lipinski definition) is 3. The van der Waals surface area contributed by atoms with Crippen LogP contribution in [0.5, 0.6) is 0 Å². The van der Waals surface area contributed by atoms with Crippen LogP contribution < -0.4 is 5.32 Å². The monoisotopic (exact) mass is 247 g/mol. The van der Waals surface area contributed by atoms with Crippen molar-refractivity contribution in [2.45, 2.75) is 45.1 Å². The molecule has 4 heteroatoms. The van der Waals surface area contributed by atoms with Crippen molar-refractivity contribution in [1.29, 1.82) is 0 Å². The van der Waals surface area contributed by atoms with Gasteiger partial charge in [0, 0.05) is 41.6 Å². The van der Waals surface area contributed by atoms with Crippen molar-refractivity contribution in [1.82, 2.24) is 5.32 Å². The predicted octanol–water partition coefficient (Wildman–Crippen LogP) is 1.69. The molecule has 0 aromatic carbocycles. The second-order valence-electron chi connectivity index (χ2n) is 4.40. The molecular formula is C12H25NO2S. The summed E-state index contributed by atoms with van der Waals surface area (Å²) < 4.78 is 16.6. The topological polar surface area (TPSA) is 38.3 Å². The van der Waals surface area contributed by atoms with E-state index in [1.54, 1.807) is 0 Å². The Labute approximate surface area is 102 Å². The molecule has 0 aromatic rings. The minimum absolute atomic E-state index is 0.538. The summed E-state index contributed by atoms with van der Waals surface area (Å²) in [7, 11) is -0.538. The SMILES string of the molecule is CCCCOCCCNC1CCS(=O)CC1. The highest BCUT2D eigenvalue weighted by molar-refractivity contribution is 7.85. The Hall–Kier alpha value is 0.0700. The molecule has 1 saturated heterocycles. The maximum absolute atomic E-state index is 11.1. The van der Waals surface area contributed by atoms with E-state index in [4.69, 9.17) is 4.74 Å². The molecular weight excluding hydrogens is 222 g/mol. The summed E-state index contributed by atoms with van der Waals surface area (Å²) in [6, 6.07) is 0.591. The summed E-state index contributed by atoms with van der Waals surface area (Å²) in [6.07, 6.45) is 5.61. The second kappa shape index (κ2) is 9.14. The Kier molecular flexibility index (Phi) is 8.07. The fraction of sp³-hybridized carbons (Fsp3) is 1.00. The summed E-state index contributed by atoms with van der Waals surface area (Å²) in [5.41, 5.74) is 0. The van der Waals surface area contributed by atoms with Crippen LogP contribution in [0.3, 0.4) is 0 Å². The van der Waals surface area contributed by atoms with Crippen molar-refractivity contribution < 1.29 is 8.95 Å². The summed E-state index contributed by atoms with van der Waals surface area (Å²) in [5, 5.41) is 3.52. The normalized spacial score (nSPS) is 25.8. The molecule has 0 atom stereocenters. The fourth-order valence-electron chi connectivity index (χ4n) is 1.83. The molecule has 16 heavy (non-hydrogen) atoms. The highest BCUT2D eigenvalue weighted by atomic mass is 32.2. The number of nitrogens with one attached hydrogen (secondary N) is 1.